The van der Waals surface area contributed by atoms with Crippen molar-refractivity contribution in [2.24, 2.45) is 11.8 Å². The Hall–Kier alpha value is -2.90. The van der Waals surface area contributed by atoms with E-state index in [1.165, 1.54) is 39.8 Å². The van der Waals surface area contributed by atoms with Crippen LogP contribution in [0.2, 0.25) is 0 Å². The summed E-state index contributed by atoms with van der Waals surface area (Å²) in [6, 6.07) is 13.8. The van der Waals surface area contributed by atoms with Gasteiger partial charge in [0.25, 0.3) is 0 Å². The minimum atomic E-state index is -0.263. The number of carbonyl (C=O) groups excluding carboxylic acids is 2. The lowest BCUT2D eigenvalue weighted by molar-refractivity contribution is -0.119. The van der Waals surface area contributed by atoms with E-state index in [0.29, 0.717) is 49.9 Å². The van der Waals surface area contributed by atoms with Crippen LogP contribution in [0.3, 0.4) is 0 Å². The second-order valence-corrected chi connectivity index (χ2v) is 14.8. The highest BCUT2D eigenvalue weighted by molar-refractivity contribution is 5.79. The van der Waals surface area contributed by atoms with Crippen molar-refractivity contribution in [3.05, 3.63) is 69.8 Å². The number of hydrogen-bond acceptors (Lipinski definition) is 5. The van der Waals surface area contributed by atoms with E-state index in [2.05, 4.69) is 47.0 Å². The third-order valence-electron chi connectivity index (χ3n) is 11.9. The highest BCUT2D eigenvalue weighted by atomic mass is 16.6. The quantitative estimate of drug-likeness (QED) is 0.385. The van der Waals surface area contributed by atoms with E-state index in [-0.39, 0.29) is 23.1 Å². The third kappa shape index (κ3) is 6.02. The Morgan fingerprint density at radius 2 is 1.25 bits per heavy atom. The van der Waals surface area contributed by atoms with Gasteiger partial charge in [0.2, 0.25) is 5.91 Å². The van der Waals surface area contributed by atoms with Gasteiger partial charge < -0.3 is 25.6 Å². The second-order valence-electron chi connectivity index (χ2n) is 14.8. The number of nitrogens with one attached hydrogen (secondary N) is 2. The molecule has 2 heterocycles. The number of cyclic esters (lactones) is 1. The lowest BCUT2D eigenvalue weighted by Gasteiger charge is -2.25. The minimum absolute atomic E-state index is 0.0969. The standard InChI is InChI=1S/C19H25NO2.C18H23NO3/c21-12-13-1-2-15-10-16(4-3-14(15)9-13)17-5-7-19(11-17)8-6-18(22)20-19;20-10-12-1-2-14-8-15(4-3-13(14)7-12)16-5-6-18(9-16)11-22-17(21)19-18/h3-4,10,13,17,21H,1-2,5-9,11-12H2,(H,20,22);3-4,8,12,16,20H,1-2,5-7,9-11H2,(H,19,21)/t13-,17-,19-;12-,16+,18-/m01/s1. The molecule has 8 rings (SSSR count). The SMILES string of the molecule is O=C1CC[C@]2(CC[C@H](c3ccc4c(c3)CC[C@H](CO)C4)C2)N1.O=C1N[C@@]2(CC[C@H](c3ccc4c(c3)CC[C@@H](CO)C4)C2)CO1. The maximum absolute atomic E-state index is 11.6. The molecule has 2 saturated carbocycles. The fourth-order valence-electron chi connectivity index (χ4n) is 9.19. The van der Waals surface area contributed by atoms with Gasteiger partial charge in [0.05, 0.1) is 5.54 Å². The highest BCUT2D eigenvalue weighted by Crippen LogP contribution is 2.46. The number of aliphatic hydroxyl groups is 2. The topological polar surface area (TPSA) is 108 Å². The molecule has 6 atom stereocenters. The van der Waals surface area contributed by atoms with Crippen LogP contribution in [0, 0.1) is 11.8 Å². The van der Waals surface area contributed by atoms with Gasteiger partial charge in [-0.1, -0.05) is 36.4 Å². The Morgan fingerprint density at radius 3 is 1.75 bits per heavy atom. The normalized spacial score (nSPS) is 33.8. The van der Waals surface area contributed by atoms with E-state index in [1.54, 1.807) is 0 Å². The first-order valence-corrected chi connectivity index (χ1v) is 17.1. The molecule has 236 valence electrons. The summed E-state index contributed by atoms with van der Waals surface area (Å²) in [7, 11) is 0. The van der Waals surface area contributed by atoms with Crippen LogP contribution in [-0.2, 0) is 35.2 Å². The zero-order valence-corrected chi connectivity index (χ0v) is 25.9. The number of aryl methyl sites for hydroxylation is 2. The van der Waals surface area contributed by atoms with Crippen LogP contribution in [0.15, 0.2) is 36.4 Å². The number of rotatable bonds is 4. The van der Waals surface area contributed by atoms with Gasteiger partial charge in [-0.25, -0.2) is 4.79 Å². The number of ether oxygens (including phenoxy) is 1. The number of alkyl carbamates (subject to hydrolysis) is 1. The summed E-state index contributed by atoms with van der Waals surface area (Å²) in [4.78, 5) is 22.9. The van der Waals surface area contributed by atoms with E-state index in [1.807, 2.05) is 0 Å². The van der Waals surface area contributed by atoms with Gasteiger partial charge in [-0.05, 0) is 141 Å². The molecule has 2 aromatic carbocycles. The van der Waals surface area contributed by atoms with Crippen molar-refractivity contribution < 1.29 is 24.5 Å². The summed E-state index contributed by atoms with van der Waals surface area (Å²) >= 11 is 0. The molecule has 0 bridgehead atoms. The average molecular weight is 601 g/mol. The number of aliphatic hydroxyl groups excluding tert-OH is 2. The molecule has 44 heavy (non-hydrogen) atoms. The van der Waals surface area contributed by atoms with Crippen LogP contribution in [0.25, 0.3) is 0 Å². The van der Waals surface area contributed by atoms with Gasteiger partial charge in [0.1, 0.15) is 6.61 Å². The largest absolute Gasteiger partial charge is 0.447 e. The number of carbonyl (C=O) groups is 2. The van der Waals surface area contributed by atoms with Gasteiger partial charge in [0.15, 0.2) is 0 Å². The molecule has 4 aliphatic carbocycles. The lowest BCUT2D eigenvalue weighted by atomic mass is 9.82. The zero-order valence-electron chi connectivity index (χ0n) is 25.9. The Bertz CT molecular complexity index is 1300. The summed E-state index contributed by atoms with van der Waals surface area (Å²) in [6.07, 6.45) is 14.4. The van der Waals surface area contributed by atoms with Crippen molar-refractivity contribution in [3.8, 4) is 0 Å². The Morgan fingerprint density at radius 1 is 0.682 bits per heavy atom. The molecule has 6 aliphatic rings. The summed E-state index contributed by atoms with van der Waals surface area (Å²) < 4.78 is 5.12. The van der Waals surface area contributed by atoms with E-state index in [9.17, 15) is 19.8 Å². The molecular formula is C37H48N2O5. The van der Waals surface area contributed by atoms with Gasteiger partial charge in [-0.3, -0.25) is 4.79 Å². The number of benzene rings is 2. The molecule has 0 radical (unpaired) electrons. The van der Waals surface area contributed by atoms with Gasteiger partial charge >= 0.3 is 6.09 Å². The number of hydrogen-bond donors (Lipinski definition) is 4. The van der Waals surface area contributed by atoms with Crippen LogP contribution in [-0.4, -0.2) is 53.1 Å². The van der Waals surface area contributed by atoms with Crippen molar-refractivity contribution in [3.63, 3.8) is 0 Å². The van der Waals surface area contributed by atoms with Crippen LogP contribution in [0.4, 0.5) is 4.79 Å². The van der Waals surface area contributed by atoms with E-state index >= 15 is 0 Å². The van der Waals surface area contributed by atoms with Gasteiger partial charge in [-0.15, -0.1) is 0 Å². The van der Waals surface area contributed by atoms with Crippen molar-refractivity contribution >= 4 is 12.0 Å². The van der Waals surface area contributed by atoms with Gasteiger partial charge in [-0.2, -0.15) is 0 Å². The Balaban J connectivity index is 0.000000142. The summed E-state index contributed by atoms with van der Waals surface area (Å²) in [5, 5.41) is 24.9. The van der Waals surface area contributed by atoms with Crippen LogP contribution in [0.1, 0.15) is 109 Å². The van der Waals surface area contributed by atoms with E-state index in [0.717, 1.165) is 77.0 Å². The fourth-order valence-corrected chi connectivity index (χ4v) is 9.19. The average Bonchev–Trinajstić information content (AvgIpc) is 3.85. The highest BCUT2D eigenvalue weighted by Gasteiger charge is 2.46. The summed E-state index contributed by atoms with van der Waals surface area (Å²) in [5.41, 5.74) is 8.60. The summed E-state index contributed by atoms with van der Waals surface area (Å²) in [6.45, 7) is 1.13. The van der Waals surface area contributed by atoms with E-state index in [4.69, 9.17) is 4.74 Å². The molecule has 2 spiro atoms. The predicted molar refractivity (Wildman–Crippen MR) is 169 cm³/mol. The monoisotopic (exact) mass is 600 g/mol. The molecule has 0 aromatic heterocycles. The molecule has 7 heteroatoms. The molecule has 2 amide bonds. The molecule has 2 saturated heterocycles. The third-order valence-corrected chi connectivity index (χ3v) is 11.9. The molecule has 2 aromatic rings. The van der Waals surface area contributed by atoms with Crippen LogP contribution >= 0.6 is 0 Å². The Kier molecular flexibility index (Phi) is 8.21. The van der Waals surface area contributed by atoms with Crippen molar-refractivity contribution in [1.82, 2.24) is 10.6 Å². The molecule has 7 nitrogen and oxygen atoms in total. The maximum atomic E-state index is 11.6. The fraction of sp³-hybridized carbons (Fsp3) is 0.622. The Labute approximate surface area is 261 Å². The lowest BCUT2D eigenvalue weighted by Crippen LogP contribution is -2.40. The van der Waals surface area contributed by atoms with Crippen molar-refractivity contribution in [2.75, 3.05) is 19.8 Å². The summed E-state index contributed by atoms with van der Waals surface area (Å²) in [5.74, 6) is 2.23. The molecule has 2 aliphatic heterocycles. The van der Waals surface area contributed by atoms with E-state index < -0.39 is 0 Å². The van der Waals surface area contributed by atoms with Gasteiger partial charge in [0, 0.05) is 25.2 Å². The first kappa shape index (κ1) is 29.8. The van der Waals surface area contributed by atoms with Crippen molar-refractivity contribution in [2.45, 2.75) is 113 Å². The van der Waals surface area contributed by atoms with Crippen LogP contribution < -0.4 is 10.6 Å². The maximum Gasteiger partial charge on any atom is 0.407 e. The van der Waals surface area contributed by atoms with Crippen molar-refractivity contribution in [1.29, 1.82) is 0 Å². The number of amides is 2. The molecule has 4 N–H and O–H groups in total. The second kappa shape index (κ2) is 12.1. The zero-order chi connectivity index (χ0) is 30.3. The smallest absolute Gasteiger partial charge is 0.407 e. The van der Waals surface area contributed by atoms with Crippen LogP contribution in [0.5, 0.6) is 0 Å². The minimum Gasteiger partial charge on any atom is -0.447 e. The molecule has 4 fully saturated rings. The first-order chi connectivity index (χ1) is 21.3. The molecule has 0 unspecified atom stereocenters. The predicted octanol–water partition coefficient (Wildman–Crippen LogP) is 5.23. The first-order valence-electron chi connectivity index (χ1n) is 17.1. The number of fused-ring (bicyclic) bond motifs is 2. The molecular weight excluding hydrogens is 552 g/mol.